The van der Waals surface area contributed by atoms with Gasteiger partial charge < -0.3 is 9.64 Å². The molecule has 0 bridgehead atoms. The molecular formula is C13H18BrNO2S. The Labute approximate surface area is 120 Å². The van der Waals surface area contributed by atoms with Crippen molar-refractivity contribution in [3.05, 3.63) is 16.3 Å². The molecule has 2 rings (SSSR count). The monoisotopic (exact) mass is 331 g/mol. The third-order valence-corrected chi connectivity index (χ3v) is 4.71. The Morgan fingerprint density at radius 1 is 1.61 bits per heavy atom. The van der Waals surface area contributed by atoms with Gasteiger partial charge in [-0.2, -0.15) is 0 Å². The Morgan fingerprint density at radius 3 is 3.11 bits per heavy atom. The molecule has 1 aromatic rings. The second-order valence-electron chi connectivity index (χ2n) is 4.48. The summed E-state index contributed by atoms with van der Waals surface area (Å²) in [6.45, 7) is 0.886. The van der Waals surface area contributed by atoms with E-state index in [1.807, 2.05) is 16.3 Å². The maximum absolute atomic E-state index is 12.5. The summed E-state index contributed by atoms with van der Waals surface area (Å²) in [4.78, 5) is 15.3. The number of alkyl halides is 1. The van der Waals surface area contributed by atoms with Crippen molar-refractivity contribution in [3.63, 3.8) is 0 Å². The van der Waals surface area contributed by atoms with Crippen molar-refractivity contribution in [2.75, 3.05) is 19.0 Å². The van der Waals surface area contributed by atoms with Crippen LogP contribution in [0.4, 0.5) is 0 Å². The third kappa shape index (κ3) is 3.06. The van der Waals surface area contributed by atoms with E-state index in [9.17, 15) is 4.79 Å². The zero-order chi connectivity index (χ0) is 13.0. The maximum Gasteiger partial charge on any atom is 0.264 e. The Kier molecular flexibility index (Phi) is 5.06. The molecule has 0 aromatic carbocycles. The minimum absolute atomic E-state index is 0.161. The van der Waals surface area contributed by atoms with E-state index < -0.39 is 0 Å². The molecule has 2 heterocycles. The highest BCUT2D eigenvalue weighted by Crippen LogP contribution is 2.27. The van der Waals surface area contributed by atoms with E-state index in [1.165, 1.54) is 17.8 Å². The number of hydrogen-bond acceptors (Lipinski definition) is 3. The number of likely N-dealkylation sites (tertiary alicyclic amines) is 1. The lowest BCUT2D eigenvalue weighted by molar-refractivity contribution is 0.0615. The Morgan fingerprint density at radius 2 is 2.44 bits per heavy atom. The smallest absolute Gasteiger partial charge is 0.264 e. The predicted molar refractivity (Wildman–Crippen MR) is 78.0 cm³/mol. The fraction of sp³-hybridized carbons (Fsp3) is 0.615. The van der Waals surface area contributed by atoms with Gasteiger partial charge >= 0.3 is 0 Å². The van der Waals surface area contributed by atoms with E-state index in [2.05, 4.69) is 15.9 Å². The topological polar surface area (TPSA) is 29.5 Å². The van der Waals surface area contributed by atoms with Gasteiger partial charge in [0.15, 0.2) is 0 Å². The van der Waals surface area contributed by atoms with Gasteiger partial charge in [-0.3, -0.25) is 4.79 Å². The van der Waals surface area contributed by atoms with Crippen LogP contribution in [0.25, 0.3) is 0 Å². The Balaban J connectivity index is 2.10. The molecule has 1 unspecified atom stereocenters. The molecule has 5 heteroatoms. The molecule has 1 aromatic heterocycles. The van der Waals surface area contributed by atoms with Crippen LogP contribution in [0.1, 0.15) is 35.4 Å². The van der Waals surface area contributed by atoms with Crippen LogP contribution in [0.3, 0.4) is 0 Å². The SMILES string of the molecule is COc1csc(C(=O)N2CCCCC2CCBr)c1. The Bertz CT molecular complexity index is 405. The fourth-order valence-electron chi connectivity index (χ4n) is 2.37. The van der Waals surface area contributed by atoms with Crippen LogP contribution >= 0.6 is 27.3 Å². The molecule has 1 saturated heterocycles. The van der Waals surface area contributed by atoms with E-state index in [0.29, 0.717) is 6.04 Å². The number of piperidine rings is 1. The number of carbonyl (C=O) groups is 1. The minimum atomic E-state index is 0.161. The van der Waals surface area contributed by atoms with Crippen LogP contribution in [0.2, 0.25) is 0 Å². The molecule has 100 valence electrons. The molecule has 0 aliphatic carbocycles. The van der Waals surface area contributed by atoms with Crippen LogP contribution in [0.15, 0.2) is 11.4 Å². The van der Waals surface area contributed by atoms with Crippen molar-refractivity contribution in [3.8, 4) is 5.75 Å². The largest absolute Gasteiger partial charge is 0.496 e. The number of carbonyl (C=O) groups excluding carboxylic acids is 1. The van der Waals surface area contributed by atoms with Gasteiger partial charge in [-0.25, -0.2) is 0 Å². The average molecular weight is 332 g/mol. The molecule has 1 fully saturated rings. The molecule has 3 nitrogen and oxygen atoms in total. The summed E-state index contributed by atoms with van der Waals surface area (Å²) < 4.78 is 5.14. The maximum atomic E-state index is 12.5. The molecule has 0 radical (unpaired) electrons. The van der Waals surface area contributed by atoms with E-state index in [0.717, 1.165) is 41.8 Å². The first-order chi connectivity index (χ1) is 8.76. The van der Waals surface area contributed by atoms with Gasteiger partial charge in [0, 0.05) is 29.4 Å². The molecule has 1 amide bonds. The van der Waals surface area contributed by atoms with Crippen molar-refractivity contribution in [2.24, 2.45) is 0 Å². The van der Waals surface area contributed by atoms with Gasteiger partial charge in [0.1, 0.15) is 5.75 Å². The molecular weight excluding hydrogens is 314 g/mol. The zero-order valence-corrected chi connectivity index (χ0v) is 12.9. The summed E-state index contributed by atoms with van der Waals surface area (Å²) in [6.07, 6.45) is 4.51. The highest BCUT2D eigenvalue weighted by Gasteiger charge is 2.27. The van der Waals surface area contributed by atoms with E-state index in [4.69, 9.17) is 4.74 Å². The van der Waals surface area contributed by atoms with E-state index in [1.54, 1.807) is 7.11 Å². The molecule has 1 aliphatic rings. The molecule has 0 spiro atoms. The number of hydrogen-bond donors (Lipinski definition) is 0. The van der Waals surface area contributed by atoms with Gasteiger partial charge in [0.25, 0.3) is 5.91 Å². The fourth-order valence-corrected chi connectivity index (χ4v) is 3.71. The zero-order valence-electron chi connectivity index (χ0n) is 10.5. The number of halogens is 1. The van der Waals surface area contributed by atoms with Gasteiger partial charge in [-0.1, -0.05) is 15.9 Å². The third-order valence-electron chi connectivity index (χ3n) is 3.35. The lowest BCUT2D eigenvalue weighted by atomic mass is 10.00. The van der Waals surface area contributed by atoms with E-state index >= 15 is 0 Å². The number of ether oxygens (including phenoxy) is 1. The summed E-state index contributed by atoms with van der Waals surface area (Å²) >= 11 is 4.95. The number of amides is 1. The second kappa shape index (κ2) is 6.57. The molecule has 18 heavy (non-hydrogen) atoms. The summed E-state index contributed by atoms with van der Waals surface area (Å²) in [5.74, 6) is 0.936. The Hall–Kier alpha value is -0.550. The van der Waals surface area contributed by atoms with Gasteiger partial charge in [0.05, 0.1) is 12.0 Å². The van der Waals surface area contributed by atoms with E-state index in [-0.39, 0.29) is 5.91 Å². The highest BCUT2D eigenvalue weighted by molar-refractivity contribution is 9.09. The number of nitrogens with zero attached hydrogens (tertiary/aromatic N) is 1. The predicted octanol–water partition coefficient (Wildman–Crippen LogP) is 3.54. The number of methoxy groups -OCH3 is 1. The quantitative estimate of drug-likeness (QED) is 0.790. The van der Waals surface area contributed by atoms with Crippen molar-refractivity contribution in [1.82, 2.24) is 4.90 Å². The van der Waals surface area contributed by atoms with Crippen LogP contribution in [0, 0.1) is 0 Å². The molecule has 0 N–H and O–H groups in total. The van der Waals surface area contributed by atoms with Gasteiger partial charge in [-0.15, -0.1) is 11.3 Å². The minimum Gasteiger partial charge on any atom is -0.496 e. The van der Waals surface area contributed by atoms with Crippen molar-refractivity contribution >= 4 is 33.2 Å². The van der Waals surface area contributed by atoms with Gasteiger partial charge in [0.2, 0.25) is 0 Å². The second-order valence-corrected chi connectivity index (χ2v) is 6.18. The molecule has 1 aliphatic heterocycles. The summed E-state index contributed by atoms with van der Waals surface area (Å²) in [5, 5.41) is 2.84. The number of thiophene rings is 1. The average Bonchev–Trinajstić information content (AvgIpc) is 2.88. The summed E-state index contributed by atoms with van der Waals surface area (Å²) in [6, 6.07) is 2.23. The van der Waals surface area contributed by atoms with Crippen molar-refractivity contribution in [1.29, 1.82) is 0 Å². The standard InChI is InChI=1S/C13H18BrNO2S/c1-17-11-8-12(18-9-11)13(16)15-7-3-2-4-10(15)5-6-14/h8-10H,2-7H2,1H3. The van der Waals surface area contributed by atoms with Crippen molar-refractivity contribution in [2.45, 2.75) is 31.7 Å². The number of rotatable bonds is 4. The first-order valence-corrected chi connectivity index (χ1v) is 8.26. The van der Waals surface area contributed by atoms with Crippen LogP contribution < -0.4 is 4.74 Å². The van der Waals surface area contributed by atoms with Crippen LogP contribution in [-0.2, 0) is 0 Å². The summed E-state index contributed by atoms with van der Waals surface area (Å²) in [5.41, 5.74) is 0. The summed E-state index contributed by atoms with van der Waals surface area (Å²) in [7, 11) is 1.63. The van der Waals surface area contributed by atoms with Crippen LogP contribution in [-0.4, -0.2) is 35.8 Å². The lowest BCUT2D eigenvalue weighted by Crippen LogP contribution is -2.43. The lowest BCUT2D eigenvalue weighted by Gasteiger charge is -2.35. The highest BCUT2D eigenvalue weighted by atomic mass is 79.9. The molecule has 0 saturated carbocycles. The van der Waals surface area contributed by atoms with Crippen LogP contribution in [0.5, 0.6) is 5.75 Å². The molecule has 1 atom stereocenters. The van der Waals surface area contributed by atoms with Crippen molar-refractivity contribution < 1.29 is 9.53 Å². The first kappa shape index (κ1) is 13.9. The van der Waals surface area contributed by atoms with Gasteiger partial charge in [-0.05, 0) is 25.7 Å². The first-order valence-electron chi connectivity index (χ1n) is 6.25. The normalized spacial score (nSPS) is 19.9.